The molecule has 0 amide bonds. The number of hydrogen-bond donors (Lipinski definition) is 0. The highest BCUT2D eigenvalue weighted by Gasteiger charge is 2.18. The van der Waals surface area contributed by atoms with Crippen molar-refractivity contribution in [1.82, 2.24) is 0 Å². The van der Waals surface area contributed by atoms with Crippen LogP contribution in [-0.2, 0) is 25.8 Å². The molecule has 1 unspecified atom stereocenters. The van der Waals surface area contributed by atoms with E-state index in [9.17, 15) is 9.90 Å². The molecule has 1 aromatic carbocycles. The molecule has 0 aliphatic carbocycles. The van der Waals surface area contributed by atoms with E-state index in [1.807, 2.05) is 0 Å². The monoisotopic (exact) mass is 236 g/mol. The summed E-state index contributed by atoms with van der Waals surface area (Å²) >= 11 is 0. The lowest BCUT2D eigenvalue weighted by atomic mass is 9.95. The molecule has 92 valence electrons. The second-order valence-electron chi connectivity index (χ2n) is 3.63. The number of hydrogen-bond acceptors (Lipinski definition) is 3. The normalized spacial score (nSPS) is 12.2. The van der Waals surface area contributed by atoms with Crippen molar-refractivity contribution in [2.75, 3.05) is 20.8 Å². The standard InChI is InChI=1S/C13H16O4/c1-9-5-4-6-10(7-12(15)17-3)13(9)11(8-14)16-2/h4-6,11H,1,7-8H2,2-3H3. The molecule has 0 aliphatic heterocycles. The molecule has 17 heavy (non-hydrogen) atoms. The number of carbonyl (C=O) groups is 1. The summed E-state index contributed by atoms with van der Waals surface area (Å²) in [5, 5.41) is 11.1. The Balaban J connectivity index is 3.11. The highest BCUT2D eigenvalue weighted by Crippen LogP contribution is 2.25. The predicted octanol–water partition coefficient (Wildman–Crippen LogP) is 1.70. The van der Waals surface area contributed by atoms with Crippen LogP contribution in [0.2, 0.25) is 0 Å². The zero-order chi connectivity index (χ0) is 12.8. The van der Waals surface area contributed by atoms with E-state index in [0.29, 0.717) is 11.1 Å². The minimum atomic E-state index is -0.580. The first-order valence-corrected chi connectivity index (χ1v) is 5.25. The average molecular weight is 236 g/mol. The molecule has 4 nitrogen and oxygen atoms in total. The summed E-state index contributed by atoms with van der Waals surface area (Å²) in [6.07, 6.45) is -0.460. The minimum absolute atomic E-state index is 0.120. The van der Waals surface area contributed by atoms with Gasteiger partial charge in [-0.15, -0.1) is 0 Å². The van der Waals surface area contributed by atoms with Gasteiger partial charge in [0.15, 0.2) is 0 Å². The summed E-state index contributed by atoms with van der Waals surface area (Å²) in [5.41, 5.74) is 2.12. The Kier molecular flexibility index (Phi) is 5.12. The first kappa shape index (κ1) is 13.7. The van der Waals surface area contributed by atoms with Gasteiger partial charge in [0.1, 0.15) is 12.7 Å². The first-order valence-electron chi connectivity index (χ1n) is 5.25. The molecule has 4 heteroatoms. The number of benzene rings is 1. The molecule has 2 radical (unpaired) electrons. The van der Waals surface area contributed by atoms with Crippen LogP contribution in [0.15, 0.2) is 18.2 Å². The van der Waals surface area contributed by atoms with E-state index in [2.05, 4.69) is 11.7 Å². The number of rotatable bonds is 5. The van der Waals surface area contributed by atoms with Crippen molar-refractivity contribution in [3.8, 4) is 0 Å². The molecule has 0 saturated heterocycles. The van der Waals surface area contributed by atoms with Gasteiger partial charge in [0.25, 0.3) is 0 Å². The SMILES string of the molecule is [CH2]c1cccc(CC(=O)OC)c1C(C[O])OC. The molecule has 0 heterocycles. The lowest BCUT2D eigenvalue weighted by molar-refractivity contribution is -0.139. The highest BCUT2D eigenvalue weighted by molar-refractivity contribution is 5.73. The quantitative estimate of drug-likeness (QED) is 0.731. The molecule has 0 aliphatic rings. The van der Waals surface area contributed by atoms with E-state index in [1.165, 1.54) is 14.2 Å². The lowest BCUT2D eigenvalue weighted by Crippen LogP contribution is -2.14. The Hall–Kier alpha value is -1.39. The number of ether oxygens (including phenoxy) is 2. The van der Waals surface area contributed by atoms with Crippen molar-refractivity contribution in [3.63, 3.8) is 0 Å². The van der Waals surface area contributed by atoms with Crippen LogP contribution in [-0.4, -0.2) is 26.8 Å². The predicted molar refractivity (Wildman–Crippen MR) is 61.9 cm³/mol. The Morgan fingerprint density at radius 2 is 2.12 bits per heavy atom. The third kappa shape index (κ3) is 3.28. The molecule has 0 spiro atoms. The molecule has 1 aromatic rings. The highest BCUT2D eigenvalue weighted by atomic mass is 16.5. The van der Waals surface area contributed by atoms with Crippen LogP contribution in [0.5, 0.6) is 0 Å². The van der Waals surface area contributed by atoms with Gasteiger partial charge in [0.05, 0.1) is 13.5 Å². The molecule has 0 bridgehead atoms. The third-order valence-electron chi connectivity index (χ3n) is 2.61. The van der Waals surface area contributed by atoms with E-state index in [-0.39, 0.29) is 12.4 Å². The van der Waals surface area contributed by atoms with E-state index >= 15 is 0 Å². The van der Waals surface area contributed by atoms with Crippen LogP contribution in [0, 0.1) is 6.92 Å². The molecule has 0 aromatic heterocycles. The fourth-order valence-electron chi connectivity index (χ4n) is 1.73. The fourth-order valence-corrected chi connectivity index (χ4v) is 1.73. The second kappa shape index (κ2) is 6.37. The minimum Gasteiger partial charge on any atom is -0.469 e. The van der Waals surface area contributed by atoms with Gasteiger partial charge in [-0.05, 0) is 23.6 Å². The molecular formula is C13H16O4. The van der Waals surface area contributed by atoms with Crippen molar-refractivity contribution in [1.29, 1.82) is 0 Å². The van der Waals surface area contributed by atoms with Crippen LogP contribution < -0.4 is 0 Å². The van der Waals surface area contributed by atoms with Gasteiger partial charge in [-0.1, -0.05) is 18.2 Å². The van der Waals surface area contributed by atoms with Crippen molar-refractivity contribution in [3.05, 3.63) is 41.8 Å². The zero-order valence-corrected chi connectivity index (χ0v) is 10.1. The van der Waals surface area contributed by atoms with Gasteiger partial charge in [0, 0.05) is 7.11 Å². The number of methoxy groups -OCH3 is 2. The van der Waals surface area contributed by atoms with Crippen LogP contribution in [0.4, 0.5) is 0 Å². The lowest BCUT2D eigenvalue weighted by Gasteiger charge is -2.18. The van der Waals surface area contributed by atoms with Gasteiger partial charge in [-0.25, -0.2) is 5.11 Å². The maximum atomic E-state index is 11.3. The number of carbonyl (C=O) groups excluding carboxylic acids is 1. The van der Waals surface area contributed by atoms with E-state index < -0.39 is 12.7 Å². The average Bonchev–Trinajstić information content (AvgIpc) is 2.33. The van der Waals surface area contributed by atoms with Gasteiger partial charge in [0.2, 0.25) is 0 Å². The molecule has 1 rings (SSSR count). The maximum Gasteiger partial charge on any atom is 0.309 e. The van der Waals surface area contributed by atoms with Crippen LogP contribution >= 0.6 is 0 Å². The van der Waals surface area contributed by atoms with Gasteiger partial charge in [-0.3, -0.25) is 4.79 Å². The summed E-state index contributed by atoms with van der Waals surface area (Å²) < 4.78 is 9.74. The van der Waals surface area contributed by atoms with Crippen LogP contribution in [0.1, 0.15) is 22.8 Å². The Labute approximate surface area is 101 Å². The van der Waals surface area contributed by atoms with Crippen LogP contribution in [0.25, 0.3) is 0 Å². The second-order valence-corrected chi connectivity index (χ2v) is 3.63. The molecular weight excluding hydrogens is 220 g/mol. The van der Waals surface area contributed by atoms with Crippen molar-refractivity contribution < 1.29 is 19.4 Å². The summed E-state index contributed by atoms with van der Waals surface area (Å²) in [4.78, 5) is 11.3. The number of esters is 1. The Morgan fingerprint density at radius 3 is 2.65 bits per heavy atom. The van der Waals surface area contributed by atoms with E-state index in [4.69, 9.17) is 4.74 Å². The molecule has 1 atom stereocenters. The van der Waals surface area contributed by atoms with Crippen molar-refractivity contribution >= 4 is 5.97 Å². The maximum absolute atomic E-state index is 11.3. The third-order valence-corrected chi connectivity index (χ3v) is 2.61. The molecule has 0 N–H and O–H groups in total. The van der Waals surface area contributed by atoms with E-state index in [0.717, 1.165) is 5.56 Å². The smallest absolute Gasteiger partial charge is 0.309 e. The topological polar surface area (TPSA) is 55.4 Å². The van der Waals surface area contributed by atoms with Gasteiger partial charge < -0.3 is 9.47 Å². The van der Waals surface area contributed by atoms with Gasteiger partial charge in [-0.2, -0.15) is 0 Å². The van der Waals surface area contributed by atoms with Crippen LogP contribution in [0.3, 0.4) is 0 Å². The van der Waals surface area contributed by atoms with Crippen molar-refractivity contribution in [2.45, 2.75) is 12.5 Å². The molecule has 0 fully saturated rings. The largest absolute Gasteiger partial charge is 0.469 e. The Morgan fingerprint density at radius 1 is 1.41 bits per heavy atom. The summed E-state index contributed by atoms with van der Waals surface area (Å²) in [5.74, 6) is -0.349. The van der Waals surface area contributed by atoms with Gasteiger partial charge >= 0.3 is 5.97 Å². The molecule has 0 saturated carbocycles. The van der Waals surface area contributed by atoms with E-state index in [1.54, 1.807) is 18.2 Å². The van der Waals surface area contributed by atoms with Crippen molar-refractivity contribution in [2.24, 2.45) is 0 Å². The summed E-state index contributed by atoms with van der Waals surface area (Å²) in [6, 6.07) is 5.36. The fraction of sp³-hybridized carbons (Fsp3) is 0.385. The zero-order valence-electron chi connectivity index (χ0n) is 10.1. The summed E-state index contributed by atoms with van der Waals surface area (Å²) in [7, 11) is 2.80. The summed E-state index contributed by atoms with van der Waals surface area (Å²) in [6.45, 7) is 3.45. The Bertz CT molecular complexity index is 383. The first-order chi connectivity index (χ1) is 8.13.